The highest BCUT2D eigenvalue weighted by molar-refractivity contribution is 5.29. The molecule has 1 aromatic heterocycles. The number of nitrogens with two attached hydrogens (primary N) is 1. The van der Waals surface area contributed by atoms with E-state index < -0.39 is 0 Å². The van der Waals surface area contributed by atoms with Crippen LogP contribution in [-0.4, -0.2) is 16.9 Å². The molecule has 0 aliphatic rings. The van der Waals surface area contributed by atoms with Crippen LogP contribution in [0.15, 0.2) is 42.5 Å². The molecule has 0 fully saturated rings. The van der Waals surface area contributed by atoms with Crippen molar-refractivity contribution in [3.63, 3.8) is 0 Å². The first-order valence-electron chi connectivity index (χ1n) is 6.09. The molecule has 3 heteroatoms. The summed E-state index contributed by atoms with van der Waals surface area (Å²) in [5, 5.41) is 0. The largest absolute Gasteiger partial charge is 0.384 e. The molecule has 3 nitrogen and oxygen atoms in total. The van der Waals surface area contributed by atoms with E-state index in [0.29, 0.717) is 5.82 Å². The third kappa shape index (κ3) is 3.31. The Hall–Kier alpha value is -1.87. The van der Waals surface area contributed by atoms with Crippen molar-refractivity contribution in [2.75, 3.05) is 12.8 Å². The average Bonchev–Trinajstić information content (AvgIpc) is 2.32. The second-order valence-electron chi connectivity index (χ2n) is 4.65. The molecule has 0 aliphatic heterocycles. The minimum atomic E-state index is 0.580. The zero-order valence-corrected chi connectivity index (χ0v) is 10.9. The maximum absolute atomic E-state index is 5.68. The molecule has 0 saturated carbocycles. The van der Waals surface area contributed by atoms with Crippen LogP contribution in [0, 0.1) is 6.92 Å². The Kier molecular flexibility index (Phi) is 3.95. The summed E-state index contributed by atoms with van der Waals surface area (Å²) in [6.07, 6.45) is 0. The van der Waals surface area contributed by atoms with Crippen molar-refractivity contribution >= 4 is 5.82 Å². The van der Waals surface area contributed by atoms with Crippen LogP contribution in [0.5, 0.6) is 0 Å². The van der Waals surface area contributed by atoms with Crippen molar-refractivity contribution in [3.8, 4) is 0 Å². The van der Waals surface area contributed by atoms with Crippen molar-refractivity contribution < 1.29 is 0 Å². The maximum Gasteiger partial charge on any atom is 0.123 e. The van der Waals surface area contributed by atoms with Gasteiger partial charge in [-0.25, -0.2) is 4.98 Å². The molecule has 0 spiro atoms. The van der Waals surface area contributed by atoms with Gasteiger partial charge in [0, 0.05) is 13.1 Å². The van der Waals surface area contributed by atoms with Crippen LogP contribution >= 0.6 is 0 Å². The third-order valence-corrected chi connectivity index (χ3v) is 2.96. The summed E-state index contributed by atoms with van der Waals surface area (Å²) in [7, 11) is 2.09. The Labute approximate surface area is 108 Å². The topological polar surface area (TPSA) is 42.1 Å². The zero-order valence-electron chi connectivity index (χ0n) is 10.9. The number of aryl methyl sites for hydroxylation is 1. The second-order valence-corrected chi connectivity index (χ2v) is 4.65. The Bertz CT molecular complexity index is 523. The van der Waals surface area contributed by atoms with E-state index in [1.54, 1.807) is 0 Å². The van der Waals surface area contributed by atoms with E-state index >= 15 is 0 Å². The summed E-state index contributed by atoms with van der Waals surface area (Å²) in [4.78, 5) is 6.55. The first kappa shape index (κ1) is 12.6. The Morgan fingerprint density at radius 2 is 1.83 bits per heavy atom. The molecule has 0 bridgehead atoms. The minimum Gasteiger partial charge on any atom is -0.384 e. The highest BCUT2D eigenvalue weighted by Gasteiger charge is 2.04. The van der Waals surface area contributed by atoms with E-state index in [2.05, 4.69) is 48.1 Å². The SMILES string of the molecule is Cc1ccccc1CN(C)Cc1cccc(N)n1. The number of hydrogen-bond donors (Lipinski definition) is 1. The number of pyridine rings is 1. The van der Waals surface area contributed by atoms with Crippen LogP contribution in [0.4, 0.5) is 5.82 Å². The molecule has 94 valence electrons. The van der Waals surface area contributed by atoms with Gasteiger partial charge in [-0.05, 0) is 37.2 Å². The van der Waals surface area contributed by atoms with Gasteiger partial charge in [0.15, 0.2) is 0 Å². The van der Waals surface area contributed by atoms with E-state index in [-0.39, 0.29) is 0 Å². The zero-order chi connectivity index (χ0) is 13.0. The lowest BCUT2D eigenvalue weighted by Gasteiger charge is -2.17. The molecule has 2 N–H and O–H groups in total. The maximum atomic E-state index is 5.68. The van der Waals surface area contributed by atoms with Crippen LogP contribution in [-0.2, 0) is 13.1 Å². The van der Waals surface area contributed by atoms with Crippen LogP contribution in [0.2, 0.25) is 0 Å². The Balaban J connectivity index is 2.01. The monoisotopic (exact) mass is 241 g/mol. The van der Waals surface area contributed by atoms with Gasteiger partial charge < -0.3 is 5.73 Å². The number of nitrogen functional groups attached to an aromatic ring is 1. The lowest BCUT2D eigenvalue weighted by Crippen LogP contribution is -2.18. The molecular weight excluding hydrogens is 222 g/mol. The number of rotatable bonds is 4. The van der Waals surface area contributed by atoms with Crippen molar-refractivity contribution in [1.29, 1.82) is 0 Å². The second kappa shape index (κ2) is 5.65. The van der Waals surface area contributed by atoms with Crippen LogP contribution in [0.25, 0.3) is 0 Å². The molecule has 0 saturated heterocycles. The fourth-order valence-electron chi connectivity index (χ4n) is 2.00. The molecule has 2 rings (SSSR count). The van der Waals surface area contributed by atoms with Crippen LogP contribution in [0.1, 0.15) is 16.8 Å². The lowest BCUT2D eigenvalue weighted by atomic mass is 10.1. The van der Waals surface area contributed by atoms with Gasteiger partial charge in [0.05, 0.1) is 5.69 Å². The van der Waals surface area contributed by atoms with E-state index in [1.807, 2.05) is 18.2 Å². The summed E-state index contributed by atoms with van der Waals surface area (Å²) in [6.45, 7) is 3.87. The standard InChI is InChI=1S/C15H19N3/c1-12-6-3-4-7-13(12)10-18(2)11-14-8-5-9-15(16)17-14/h3-9H,10-11H2,1-2H3,(H2,16,17). The number of nitrogens with zero attached hydrogens (tertiary/aromatic N) is 2. The third-order valence-electron chi connectivity index (χ3n) is 2.96. The fraction of sp³-hybridized carbons (Fsp3) is 0.267. The number of benzene rings is 1. The van der Waals surface area contributed by atoms with E-state index in [1.165, 1.54) is 11.1 Å². The van der Waals surface area contributed by atoms with Gasteiger partial charge in [0.25, 0.3) is 0 Å². The average molecular weight is 241 g/mol. The smallest absolute Gasteiger partial charge is 0.123 e. The minimum absolute atomic E-state index is 0.580. The molecule has 1 heterocycles. The molecule has 2 aromatic rings. The summed E-state index contributed by atoms with van der Waals surface area (Å²) >= 11 is 0. The van der Waals surface area contributed by atoms with E-state index in [4.69, 9.17) is 5.73 Å². The predicted octanol–water partition coefficient (Wildman–Crippen LogP) is 2.60. The van der Waals surface area contributed by atoms with Crippen molar-refractivity contribution in [1.82, 2.24) is 9.88 Å². The summed E-state index contributed by atoms with van der Waals surface area (Å²) < 4.78 is 0. The van der Waals surface area contributed by atoms with Crippen molar-refractivity contribution in [3.05, 3.63) is 59.3 Å². The first-order valence-corrected chi connectivity index (χ1v) is 6.09. The lowest BCUT2D eigenvalue weighted by molar-refractivity contribution is 0.314. The quantitative estimate of drug-likeness (QED) is 0.894. The molecule has 0 aliphatic carbocycles. The van der Waals surface area contributed by atoms with Crippen LogP contribution in [0.3, 0.4) is 0 Å². The van der Waals surface area contributed by atoms with E-state index in [0.717, 1.165) is 18.8 Å². The molecule has 18 heavy (non-hydrogen) atoms. The Morgan fingerprint density at radius 3 is 2.56 bits per heavy atom. The predicted molar refractivity (Wildman–Crippen MR) is 75.0 cm³/mol. The molecule has 0 atom stereocenters. The van der Waals surface area contributed by atoms with Crippen molar-refractivity contribution in [2.24, 2.45) is 0 Å². The fourth-order valence-corrected chi connectivity index (χ4v) is 2.00. The molecule has 0 unspecified atom stereocenters. The number of aromatic nitrogens is 1. The van der Waals surface area contributed by atoms with Gasteiger partial charge in [-0.1, -0.05) is 30.3 Å². The van der Waals surface area contributed by atoms with Gasteiger partial charge in [0.1, 0.15) is 5.82 Å². The molecule has 1 aromatic carbocycles. The van der Waals surface area contributed by atoms with Gasteiger partial charge >= 0.3 is 0 Å². The Morgan fingerprint density at radius 1 is 1.06 bits per heavy atom. The van der Waals surface area contributed by atoms with Crippen LogP contribution < -0.4 is 5.73 Å². The number of hydrogen-bond acceptors (Lipinski definition) is 3. The number of anilines is 1. The van der Waals surface area contributed by atoms with Gasteiger partial charge in [0.2, 0.25) is 0 Å². The molecule has 0 radical (unpaired) electrons. The van der Waals surface area contributed by atoms with Gasteiger partial charge in [-0.15, -0.1) is 0 Å². The summed E-state index contributed by atoms with van der Waals surface area (Å²) in [6, 6.07) is 14.2. The summed E-state index contributed by atoms with van der Waals surface area (Å²) in [5.74, 6) is 0.580. The highest BCUT2D eigenvalue weighted by Crippen LogP contribution is 2.11. The van der Waals surface area contributed by atoms with E-state index in [9.17, 15) is 0 Å². The molecule has 0 amide bonds. The first-order chi connectivity index (χ1) is 8.65. The molecular formula is C15H19N3. The van der Waals surface area contributed by atoms with Crippen molar-refractivity contribution in [2.45, 2.75) is 20.0 Å². The van der Waals surface area contributed by atoms with Gasteiger partial charge in [-0.3, -0.25) is 4.90 Å². The summed E-state index contributed by atoms with van der Waals surface area (Å²) in [5.41, 5.74) is 9.36. The normalized spacial score (nSPS) is 10.8. The van der Waals surface area contributed by atoms with Gasteiger partial charge in [-0.2, -0.15) is 0 Å². The highest BCUT2D eigenvalue weighted by atomic mass is 15.1.